The summed E-state index contributed by atoms with van der Waals surface area (Å²) in [5, 5.41) is 3.80. The number of thiophene rings is 1. The Balaban J connectivity index is 2.11. The Morgan fingerprint density at radius 1 is 1.22 bits per heavy atom. The summed E-state index contributed by atoms with van der Waals surface area (Å²) in [4.78, 5) is 1.09. The maximum atomic E-state index is 6.16. The first-order valence-corrected chi connectivity index (χ1v) is 7.07. The fourth-order valence-electron chi connectivity index (χ4n) is 1.60. The zero-order chi connectivity index (χ0) is 13.0. The maximum absolute atomic E-state index is 6.16. The third-order valence-electron chi connectivity index (χ3n) is 2.43. The first-order chi connectivity index (χ1) is 8.70. The topological polar surface area (TPSA) is 21.3 Å². The van der Waals surface area contributed by atoms with Crippen molar-refractivity contribution in [2.75, 3.05) is 7.05 Å². The van der Waals surface area contributed by atoms with E-state index in [1.54, 1.807) is 0 Å². The number of rotatable bonds is 5. The van der Waals surface area contributed by atoms with E-state index in [0.717, 1.165) is 20.5 Å². The Morgan fingerprint density at radius 3 is 2.72 bits per heavy atom. The quantitative estimate of drug-likeness (QED) is 0.886. The van der Waals surface area contributed by atoms with Crippen LogP contribution in [0.5, 0.6) is 5.75 Å². The zero-order valence-electron chi connectivity index (χ0n) is 9.87. The van der Waals surface area contributed by atoms with Crippen LogP contribution in [-0.2, 0) is 13.2 Å². The van der Waals surface area contributed by atoms with Gasteiger partial charge in [0.2, 0.25) is 0 Å². The molecule has 0 fully saturated rings. The number of hydrogen-bond acceptors (Lipinski definition) is 3. The van der Waals surface area contributed by atoms with E-state index in [0.29, 0.717) is 18.2 Å². The summed E-state index contributed by atoms with van der Waals surface area (Å²) in [5.41, 5.74) is 0.976. The van der Waals surface area contributed by atoms with E-state index in [1.807, 2.05) is 37.4 Å². The van der Waals surface area contributed by atoms with Crippen molar-refractivity contribution < 1.29 is 4.74 Å². The molecule has 96 valence electrons. The Hall–Kier alpha value is -0.740. The smallest absolute Gasteiger partial charge is 0.125 e. The highest BCUT2D eigenvalue weighted by atomic mass is 35.5. The Kier molecular flexibility index (Phi) is 4.89. The predicted octanol–water partition coefficient (Wildman–Crippen LogP) is 4.35. The van der Waals surface area contributed by atoms with Crippen LogP contribution in [0, 0.1) is 0 Å². The van der Waals surface area contributed by atoms with E-state index in [9.17, 15) is 0 Å². The van der Waals surface area contributed by atoms with Crippen LogP contribution < -0.4 is 10.1 Å². The molecule has 0 unspecified atom stereocenters. The standard InChI is InChI=1S/C13H13Cl2NOS/c1-16-7-10-11(14)3-2-4-12(10)17-8-9-5-6-13(15)18-9/h2-6,16H,7-8H2,1H3. The monoisotopic (exact) mass is 301 g/mol. The minimum Gasteiger partial charge on any atom is -0.488 e. The van der Waals surface area contributed by atoms with Gasteiger partial charge in [-0.05, 0) is 31.3 Å². The fraction of sp³-hybridized carbons (Fsp3) is 0.231. The predicted molar refractivity (Wildman–Crippen MR) is 77.9 cm³/mol. The van der Waals surface area contributed by atoms with E-state index in [1.165, 1.54) is 11.3 Å². The summed E-state index contributed by atoms with van der Waals surface area (Å²) in [5.74, 6) is 0.807. The van der Waals surface area contributed by atoms with E-state index in [2.05, 4.69) is 5.32 Å². The SMILES string of the molecule is CNCc1c(Cl)cccc1OCc1ccc(Cl)s1. The molecule has 18 heavy (non-hydrogen) atoms. The minimum absolute atomic E-state index is 0.508. The van der Waals surface area contributed by atoms with Crippen LogP contribution in [0.15, 0.2) is 30.3 Å². The van der Waals surface area contributed by atoms with E-state index < -0.39 is 0 Å². The van der Waals surface area contributed by atoms with Gasteiger partial charge < -0.3 is 10.1 Å². The first-order valence-electron chi connectivity index (χ1n) is 5.49. The largest absolute Gasteiger partial charge is 0.488 e. The second kappa shape index (κ2) is 6.43. The second-order valence-corrected chi connectivity index (χ2v) is 5.95. The van der Waals surface area contributed by atoms with Gasteiger partial charge in [0, 0.05) is 22.0 Å². The Bertz CT molecular complexity index is 527. The molecule has 1 aromatic carbocycles. The molecule has 1 heterocycles. The summed E-state index contributed by atoms with van der Waals surface area (Å²) in [6, 6.07) is 9.52. The van der Waals surface area contributed by atoms with Crippen molar-refractivity contribution in [1.82, 2.24) is 5.32 Å². The lowest BCUT2D eigenvalue weighted by Crippen LogP contribution is -2.08. The van der Waals surface area contributed by atoms with Crippen molar-refractivity contribution in [3.05, 3.63) is 50.1 Å². The Labute approximate surface area is 120 Å². The van der Waals surface area contributed by atoms with Gasteiger partial charge in [-0.2, -0.15) is 0 Å². The molecule has 0 atom stereocenters. The van der Waals surface area contributed by atoms with Gasteiger partial charge in [-0.3, -0.25) is 0 Å². The third kappa shape index (κ3) is 3.39. The van der Waals surface area contributed by atoms with Crippen LogP contribution in [-0.4, -0.2) is 7.05 Å². The van der Waals surface area contributed by atoms with Crippen molar-refractivity contribution in [2.24, 2.45) is 0 Å². The van der Waals surface area contributed by atoms with Gasteiger partial charge in [0.25, 0.3) is 0 Å². The van der Waals surface area contributed by atoms with Crippen molar-refractivity contribution in [3.63, 3.8) is 0 Å². The molecule has 1 aromatic heterocycles. The summed E-state index contributed by atoms with van der Waals surface area (Å²) < 4.78 is 6.57. The lowest BCUT2D eigenvalue weighted by atomic mass is 10.2. The summed E-state index contributed by atoms with van der Waals surface area (Å²) in [6.45, 7) is 1.19. The van der Waals surface area contributed by atoms with Gasteiger partial charge in [0.05, 0.1) is 4.34 Å². The molecule has 1 N–H and O–H groups in total. The van der Waals surface area contributed by atoms with Gasteiger partial charge in [-0.25, -0.2) is 0 Å². The van der Waals surface area contributed by atoms with Crippen LogP contribution >= 0.6 is 34.5 Å². The summed E-state index contributed by atoms with van der Waals surface area (Å²) in [6.07, 6.45) is 0. The van der Waals surface area contributed by atoms with Crippen molar-refractivity contribution in [1.29, 1.82) is 0 Å². The van der Waals surface area contributed by atoms with Crippen molar-refractivity contribution >= 4 is 34.5 Å². The van der Waals surface area contributed by atoms with Crippen molar-refractivity contribution in [2.45, 2.75) is 13.2 Å². The van der Waals surface area contributed by atoms with Gasteiger partial charge in [0.15, 0.2) is 0 Å². The Morgan fingerprint density at radius 2 is 2.06 bits per heavy atom. The van der Waals surface area contributed by atoms with Crippen LogP contribution in [0.2, 0.25) is 9.36 Å². The number of benzene rings is 1. The maximum Gasteiger partial charge on any atom is 0.125 e. The highest BCUT2D eigenvalue weighted by Gasteiger charge is 2.08. The average Bonchev–Trinajstić information content (AvgIpc) is 2.76. The molecule has 0 amide bonds. The molecule has 0 bridgehead atoms. The summed E-state index contributed by atoms with van der Waals surface area (Å²) >= 11 is 13.6. The number of ether oxygens (including phenoxy) is 1. The van der Waals surface area contributed by atoms with Gasteiger partial charge in [-0.1, -0.05) is 29.3 Å². The minimum atomic E-state index is 0.508. The molecule has 2 aromatic rings. The highest BCUT2D eigenvalue weighted by Crippen LogP contribution is 2.28. The van der Waals surface area contributed by atoms with Crippen LogP contribution in [0.3, 0.4) is 0 Å². The van der Waals surface area contributed by atoms with Crippen LogP contribution in [0.1, 0.15) is 10.4 Å². The van der Waals surface area contributed by atoms with E-state index >= 15 is 0 Å². The molecule has 0 saturated heterocycles. The number of nitrogens with one attached hydrogen (secondary N) is 1. The van der Waals surface area contributed by atoms with Crippen LogP contribution in [0.25, 0.3) is 0 Å². The average molecular weight is 302 g/mol. The normalized spacial score (nSPS) is 10.6. The van der Waals surface area contributed by atoms with E-state index in [4.69, 9.17) is 27.9 Å². The summed E-state index contributed by atoms with van der Waals surface area (Å²) in [7, 11) is 1.88. The zero-order valence-corrected chi connectivity index (χ0v) is 12.2. The number of halogens is 2. The molecule has 2 nitrogen and oxygen atoms in total. The second-order valence-electron chi connectivity index (χ2n) is 3.74. The van der Waals surface area contributed by atoms with Gasteiger partial charge >= 0.3 is 0 Å². The highest BCUT2D eigenvalue weighted by molar-refractivity contribution is 7.16. The van der Waals surface area contributed by atoms with Gasteiger partial charge in [0.1, 0.15) is 12.4 Å². The van der Waals surface area contributed by atoms with Crippen molar-refractivity contribution in [3.8, 4) is 5.75 Å². The van der Waals surface area contributed by atoms with Crippen LogP contribution in [0.4, 0.5) is 0 Å². The molecule has 0 aliphatic carbocycles. The number of hydrogen-bond donors (Lipinski definition) is 1. The molecule has 0 radical (unpaired) electrons. The molecule has 5 heteroatoms. The molecule has 0 aliphatic heterocycles. The van der Waals surface area contributed by atoms with Gasteiger partial charge in [-0.15, -0.1) is 11.3 Å². The molecule has 0 saturated carbocycles. The lowest BCUT2D eigenvalue weighted by molar-refractivity contribution is 0.306. The molecular weight excluding hydrogens is 289 g/mol. The fourth-order valence-corrected chi connectivity index (χ4v) is 2.83. The molecule has 0 aliphatic rings. The molecular formula is C13H13Cl2NOS. The first kappa shape index (κ1) is 13.7. The lowest BCUT2D eigenvalue weighted by Gasteiger charge is -2.12. The van der Waals surface area contributed by atoms with E-state index in [-0.39, 0.29) is 0 Å². The molecule has 2 rings (SSSR count). The third-order valence-corrected chi connectivity index (χ3v) is 3.99. The molecule has 0 spiro atoms.